The summed E-state index contributed by atoms with van der Waals surface area (Å²) >= 11 is 0. The molecule has 0 amide bonds. The molecule has 0 N–H and O–H groups in total. The van der Waals surface area contributed by atoms with E-state index in [1.807, 2.05) is 24.3 Å². The molecule has 0 bridgehead atoms. The summed E-state index contributed by atoms with van der Waals surface area (Å²) in [6.45, 7) is 2.49. The van der Waals surface area contributed by atoms with Crippen molar-refractivity contribution < 1.29 is 9.57 Å². The van der Waals surface area contributed by atoms with Crippen LogP contribution in [-0.2, 0) is 11.4 Å². The lowest BCUT2D eigenvalue weighted by molar-refractivity contribution is 0.129. The van der Waals surface area contributed by atoms with Gasteiger partial charge in [-0.3, -0.25) is 0 Å². The van der Waals surface area contributed by atoms with Gasteiger partial charge < -0.3 is 9.57 Å². The fraction of sp³-hybridized carbons (Fsp3) is 0.417. The van der Waals surface area contributed by atoms with Gasteiger partial charge in [0, 0.05) is 5.56 Å². The van der Waals surface area contributed by atoms with Crippen LogP contribution in [-0.4, -0.2) is 13.3 Å². The third-order valence-corrected chi connectivity index (χ3v) is 1.90. The lowest BCUT2D eigenvalue weighted by atomic mass is 10.2. The maximum Gasteiger partial charge on any atom is 0.145 e. The zero-order valence-electron chi connectivity index (χ0n) is 9.19. The van der Waals surface area contributed by atoms with E-state index in [9.17, 15) is 0 Å². The van der Waals surface area contributed by atoms with Gasteiger partial charge in [0.2, 0.25) is 0 Å². The first-order chi connectivity index (χ1) is 7.38. The van der Waals surface area contributed by atoms with E-state index >= 15 is 0 Å². The molecule has 0 spiro atoms. The molecule has 0 unspecified atom stereocenters. The molecule has 3 nitrogen and oxygen atoms in total. The Kier molecular flexibility index (Phi) is 5.30. The van der Waals surface area contributed by atoms with Gasteiger partial charge in [-0.2, -0.15) is 0 Å². The molecule has 0 saturated carbocycles. The highest BCUT2D eigenvalue weighted by molar-refractivity contribution is 5.55. The molecule has 0 aromatic heterocycles. The third-order valence-electron chi connectivity index (χ3n) is 1.90. The average molecular weight is 206 g/mol. The highest BCUT2D eigenvalue weighted by Crippen LogP contribution is 2.17. The Morgan fingerprint density at radius 2 is 2.13 bits per heavy atom. The third kappa shape index (κ3) is 4.02. The number of nitrogens with zero attached hydrogens (tertiary/aromatic N) is 1. The molecule has 0 atom stereocenters. The zero-order chi connectivity index (χ0) is 10.9. The standard InChI is InChI=1S/C12H16NO2/c1-3-4-9-13-15-10-11-7-5-6-8-12(11)14-2/h5-8H,3-4,10H2,1-2H3. The molecular formula is C12H16NO2. The molecule has 0 aliphatic carbocycles. The number of ether oxygens (including phenoxy) is 1. The van der Waals surface area contributed by atoms with Crippen LogP contribution < -0.4 is 4.74 Å². The van der Waals surface area contributed by atoms with Crippen molar-refractivity contribution in [3.8, 4) is 5.75 Å². The van der Waals surface area contributed by atoms with Crippen LogP contribution in [0.15, 0.2) is 29.4 Å². The van der Waals surface area contributed by atoms with E-state index < -0.39 is 0 Å². The molecule has 1 radical (unpaired) electrons. The van der Waals surface area contributed by atoms with Crippen molar-refractivity contribution in [3.05, 3.63) is 29.8 Å². The summed E-state index contributed by atoms with van der Waals surface area (Å²) in [7, 11) is 1.64. The molecule has 3 heteroatoms. The highest BCUT2D eigenvalue weighted by Gasteiger charge is 2.00. The average Bonchev–Trinajstić information content (AvgIpc) is 2.29. The maximum atomic E-state index is 5.18. The Bertz CT molecular complexity index is 310. The lowest BCUT2D eigenvalue weighted by Crippen LogP contribution is -1.93. The summed E-state index contributed by atoms with van der Waals surface area (Å²) in [5, 5.41) is 3.73. The van der Waals surface area contributed by atoms with E-state index in [-0.39, 0.29) is 0 Å². The quantitative estimate of drug-likeness (QED) is 0.529. The predicted octanol–water partition coefficient (Wildman–Crippen LogP) is 2.87. The van der Waals surface area contributed by atoms with E-state index in [4.69, 9.17) is 9.57 Å². The first-order valence-electron chi connectivity index (χ1n) is 5.05. The Balaban J connectivity index is 2.43. The summed E-state index contributed by atoms with van der Waals surface area (Å²) < 4.78 is 5.18. The first kappa shape index (κ1) is 11.6. The van der Waals surface area contributed by atoms with Crippen LogP contribution in [0.1, 0.15) is 25.3 Å². The largest absolute Gasteiger partial charge is 0.496 e. The van der Waals surface area contributed by atoms with Crippen LogP contribution in [0.4, 0.5) is 0 Å². The minimum atomic E-state index is 0.417. The molecule has 0 fully saturated rings. The zero-order valence-corrected chi connectivity index (χ0v) is 9.19. The van der Waals surface area contributed by atoms with Crippen LogP contribution in [0.2, 0.25) is 0 Å². The molecule has 15 heavy (non-hydrogen) atoms. The van der Waals surface area contributed by atoms with Crippen molar-refractivity contribution >= 4 is 6.21 Å². The van der Waals surface area contributed by atoms with Crippen molar-refractivity contribution in [2.75, 3.05) is 7.11 Å². The van der Waals surface area contributed by atoms with Crippen LogP contribution >= 0.6 is 0 Å². The smallest absolute Gasteiger partial charge is 0.145 e. The summed E-state index contributed by atoms with van der Waals surface area (Å²) in [6.07, 6.45) is 4.66. The summed E-state index contributed by atoms with van der Waals surface area (Å²) in [5.41, 5.74) is 0.988. The van der Waals surface area contributed by atoms with Gasteiger partial charge in [-0.1, -0.05) is 36.7 Å². The molecule has 0 saturated heterocycles. The number of para-hydroxylation sites is 1. The van der Waals surface area contributed by atoms with Crippen LogP contribution in [0.3, 0.4) is 0 Å². The predicted molar refractivity (Wildman–Crippen MR) is 60.1 cm³/mol. The van der Waals surface area contributed by atoms with Crippen LogP contribution in [0, 0.1) is 0 Å². The van der Waals surface area contributed by atoms with Gasteiger partial charge in [0.25, 0.3) is 0 Å². The van der Waals surface area contributed by atoms with Crippen molar-refractivity contribution in [3.63, 3.8) is 0 Å². The number of unbranched alkanes of at least 4 members (excludes halogenated alkanes) is 1. The normalized spacial score (nSPS) is 10.5. The van der Waals surface area contributed by atoms with Crippen molar-refractivity contribution in [1.82, 2.24) is 0 Å². The van der Waals surface area contributed by atoms with E-state index in [1.165, 1.54) is 0 Å². The monoisotopic (exact) mass is 206 g/mol. The van der Waals surface area contributed by atoms with E-state index in [0.717, 1.165) is 24.2 Å². The van der Waals surface area contributed by atoms with E-state index in [2.05, 4.69) is 18.3 Å². The fourth-order valence-corrected chi connectivity index (χ4v) is 1.13. The molecule has 0 aliphatic heterocycles. The summed E-state index contributed by atoms with van der Waals surface area (Å²) in [4.78, 5) is 5.10. The van der Waals surface area contributed by atoms with Gasteiger partial charge in [-0.25, -0.2) is 0 Å². The lowest BCUT2D eigenvalue weighted by Gasteiger charge is -2.05. The van der Waals surface area contributed by atoms with Crippen LogP contribution in [0.5, 0.6) is 5.75 Å². The van der Waals surface area contributed by atoms with Crippen molar-refractivity contribution in [2.45, 2.75) is 26.4 Å². The SMILES string of the molecule is CCC/[C]=N/OCc1ccccc1OC. The number of benzene rings is 1. The summed E-state index contributed by atoms with van der Waals surface area (Å²) in [6, 6.07) is 7.72. The number of hydrogen-bond acceptors (Lipinski definition) is 3. The minimum Gasteiger partial charge on any atom is -0.496 e. The minimum absolute atomic E-state index is 0.417. The molecule has 0 aliphatic rings. The van der Waals surface area contributed by atoms with Gasteiger partial charge in [0.1, 0.15) is 18.6 Å². The van der Waals surface area contributed by atoms with Gasteiger partial charge in [0.05, 0.1) is 7.11 Å². The molecule has 81 valence electrons. The molecule has 1 aromatic carbocycles. The topological polar surface area (TPSA) is 30.8 Å². The molecule has 1 rings (SSSR count). The van der Waals surface area contributed by atoms with Gasteiger partial charge in [-0.15, -0.1) is 0 Å². The maximum absolute atomic E-state index is 5.18. The van der Waals surface area contributed by atoms with E-state index in [0.29, 0.717) is 6.61 Å². The van der Waals surface area contributed by atoms with Crippen molar-refractivity contribution in [1.29, 1.82) is 0 Å². The van der Waals surface area contributed by atoms with Gasteiger partial charge in [-0.05, 0) is 12.5 Å². The summed E-state index contributed by atoms with van der Waals surface area (Å²) in [5.74, 6) is 0.822. The fourth-order valence-electron chi connectivity index (χ4n) is 1.13. The first-order valence-corrected chi connectivity index (χ1v) is 5.05. The van der Waals surface area contributed by atoms with E-state index in [1.54, 1.807) is 7.11 Å². The number of hydrogen-bond donors (Lipinski definition) is 0. The van der Waals surface area contributed by atoms with Crippen LogP contribution in [0.25, 0.3) is 0 Å². The second-order valence-corrected chi connectivity index (χ2v) is 3.08. The number of rotatable bonds is 6. The van der Waals surface area contributed by atoms with Gasteiger partial charge >= 0.3 is 0 Å². The highest BCUT2D eigenvalue weighted by atomic mass is 16.6. The Morgan fingerprint density at radius 1 is 1.33 bits per heavy atom. The second-order valence-electron chi connectivity index (χ2n) is 3.08. The van der Waals surface area contributed by atoms with Crippen molar-refractivity contribution in [2.24, 2.45) is 5.16 Å². The Morgan fingerprint density at radius 3 is 2.87 bits per heavy atom. The second kappa shape index (κ2) is 6.87. The Hall–Kier alpha value is -1.51. The molecule has 0 heterocycles. The van der Waals surface area contributed by atoms with Gasteiger partial charge in [0.15, 0.2) is 0 Å². The number of methoxy groups -OCH3 is 1. The molecule has 1 aromatic rings. The Labute approximate surface area is 90.7 Å². The molecular weight excluding hydrogens is 190 g/mol.